The van der Waals surface area contributed by atoms with Crippen molar-refractivity contribution in [3.63, 3.8) is 0 Å². The molecule has 2 aromatic carbocycles. The molecule has 0 aliphatic heterocycles. The Morgan fingerprint density at radius 2 is 1.63 bits per heavy atom. The largest absolute Gasteiger partial charge is 0.505 e. The average molecular weight is 296 g/mol. The average Bonchev–Trinajstić information content (AvgIpc) is 2.36. The quantitative estimate of drug-likeness (QED) is 0.813. The van der Waals surface area contributed by atoms with Gasteiger partial charge in [0.1, 0.15) is 0 Å². The smallest absolute Gasteiger partial charge is 0.255 e. The molecule has 1 amide bonds. The first kappa shape index (κ1) is 13.7. The number of amides is 1. The Bertz CT molecular complexity index is 601. The molecule has 0 saturated carbocycles. The topological polar surface area (TPSA) is 49.3 Å². The van der Waals surface area contributed by atoms with Crippen LogP contribution in [0.3, 0.4) is 0 Å². The number of rotatable bonds is 2. The van der Waals surface area contributed by atoms with Gasteiger partial charge in [-0.1, -0.05) is 40.9 Å². The SMILES string of the molecule is Cc1ccc(C(=O)Nc2cc(Cl)c(O)c(Cl)c2)cc1. The van der Waals surface area contributed by atoms with E-state index < -0.39 is 0 Å². The number of anilines is 1. The summed E-state index contributed by atoms with van der Waals surface area (Å²) >= 11 is 11.6. The van der Waals surface area contributed by atoms with Gasteiger partial charge in [-0.2, -0.15) is 0 Å². The molecule has 0 unspecified atom stereocenters. The summed E-state index contributed by atoms with van der Waals surface area (Å²) in [6.07, 6.45) is 0. The number of carbonyl (C=O) groups excluding carboxylic acids is 1. The van der Waals surface area contributed by atoms with Crippen molar-refractivity contribution in [2.75, 3.05) is 5.32 Å². The molecule has 5 heteroatoms. The summed E-state index contributed by atoms with van der Waals surface area (Å²) in [7, 11) is 0. The first-order chi connectivity index (χ1) is 8.97. The molecule has 0 aliphatic carbocycles. The second kappa shape index (κ2) is 5.51. The van der Waals surface area contributed by atoms with E-state index in [1.165, 1.54) is 12.1 Å². The Morgan fingerprint density at radius 3 is 2.16 bits per heavy atom. The van der Waals surface area contributed by atoms with Gasteiger partial charge < -0.3 is 10.4 Å². The highest BCUT2D eigenvalue weighted by Gasteiger charge is 2.10. The summed E-state index contributed by atoms with van der Waals surface area (Å²) in [5.41, 5.74) is 2.04. The number of phenolic OH excluding ortho intramolecular Hbond substituents is 1. The van der Waals surface area contributed by atoms with Gasteiger partial charge in [-0.15, -0.1) is 0 Å². The zero-order valence-corrected chi connectivity index (χ0v) is 11.6. The molecule has 0 spiro atoms. The van der Waals surface area contributed by atoms with Crippen LogP contribution >= 0.6 is 23.2 Å². The number of carbonyl (C=O) groups is 1. The van der Waals surface area contributed by atoms with Crippen molar-refractivity contribution in [3.8, 4) is 5.75 Å². The van der Waals surface area contributed by atoms with Gasteiger partial charge in [0.2, 0.25) is 0 Å². The third kappa shape index (κ3) is 3.19. The molecule has 2 aromatic rings. The van der Waals surface area contributed by atoms with Crippen LogP contribution in [0.1, 0.15) is 15.9 Å². The fourth-order valence-electron chi connectivity index (χ4n) is 1.55. The molecule has 0 radical (unpaired) electrons. The standard InChI is InChI=1S/C14H11Cl2NO2/c1-8-2-4-9(5-3-8)14(19)17-10-6-11(15)13(18)12(16)7-10/h2-7,18H,1H3,(H,17,19). The monoisotopic (exact) mass is 295 g/mol. The maximum atomic E-state index is 12.0. The molecule has 98 valence electrons. The molecule has 19 heavy (non-hydrogen) atoms. The molecule has 0 heterocycles. The van der Waals surface area contributed by atoms with E-state index in [9.17, 15) is 9.90 Å². The van der Waals surface area contributed by atoms with Gasteiger partial charge in [-0.05, 0) is 31.2 Å². The number of nitrogens with one attached hydrogen (secondary N) is 1. The molecule has 3 nitrogen and oxygen atoms in total. The lowest BCUT2D eigenvalue weighted by Crippen LogP contribution is -2.11. The molecule has 0 fully saturated rings. The van der Waals surface area contributed by atoms with Gasteiger partial charge in [0.15, 0.2) is 5.75 Å². The highest BCUT2D eigenvalue weighted by molar-refractivity contribution is 6.37. The molecule has 0 atom stereocenters. The lowest BCUT2D eigenvalue weighted by Gasteiger charge is -2.08. The van der Waals surface area contributed by atoms with E-state index in [-0.39, 0.29) is 21.7 Å². The maximum Gasteiger partial charge on any atom is 0.255 e. The van der Waals surface area contributed by atoms with Crippen LogP contribution in [-0.2, 0) is 0 Å². The fraction of sp³-hybridized carbons (Fsp3) is 0.0714. The molecule has 0 aromatic heterocycles. The lowest BCUT2D eigenvalue weighted by molar-refractivity contribution is 0.102. The second-order valence-electron chi connectivity index (χ2n) is 4.11. The first-order valence-corrected chi connectivity index (χ1v) is 6.29. The van der Waals surface area contributed by atoms with Crippen LogP contribution in [0.5, 0.6) is 5.75 Å². The van der Waals surface area contributed by atoms with E-state index in [0.717, 1.165) is 5.56 Å². The summed E-state index contributed by atoms with van der Waals surface area (Å²) in [6.45, 7) is 1.95. The second-order valence-corrected chi connectivity index (χ2v) is 4.92. The summed E-state index contributed by atoms with van der Waals surface area (Å²) in [6, 6.07) is 10.0. The summed E-state index contributed by atoms with van der Waals surface area (Å²) in [5, 5.41) is 12.3. The van der Waals surface area contributed by atoms with E-state index in [1.54, 1.807) is 12.1 Å². The van der Waals surface area contributed by atoms with Crippen molar-refractivity contribution in [1.29, 1.82) is 0 Å². The highest BCUT2D eigenvalue weighted by atomic mass is 35.5. The zero-order valence-electron chi connectivity index (χ0n) is 10.1. The van der Waals surface area contributed by atoms with Crippen molar-refractivity contribution in [2.24, 2.45) is 0 Å². The normalized spacial score (nSPS) is 10.3. The molecule has 0 saturated heterocycles. The Kier molecular flexibility index (Phi) is 3.98. The van der Waals surface area contributed by atoms with Crippen LogP contribution in [0.15, 0.2) is 36.4 Å². The van der Waals surface area contributed by atoms with E-state index in [4.69, 9.17) is 23.2 Å². The summed E-state index contributed by atoms with van der Waals surface area (Å²) in [4.78, 5) is 12.0. The van der Waals surface area contributed by atoms with Crippen molar-refractivity contribution in [3.05, 3.63) is 57.6 Å². The van der Waals surface area contributed by atoms with Gasteiger partial charge in [0.25, 0.3) is 5.91 Å². The number of aryl methyl sites for hydroxylation is 1. The van der Waals surface area contributed by atoms with E-state index in [2.05, 4.69) is 5.32 Å². The highest BCUT2D eigenvalue weighted by Crippen LogP contribution is 2.34. The minimum absolute atomic E-state index is 0.0895. The van der Waals surface area contributed by atoms with Crippen LogP contribution in [0.25, 0.3) is 0 Å². The van der Waals surface area contributed by atoms with Crippen LogP contribution in [0, 0.1) is 6.92 Å². The predicted molar refractivity (Wildman–Crippen MR) is 77.3 cm³/mol. The van der Waals surface area contributed by atoms with Gasteiger partial charge in [-0.25, -0.2) is 0 Å². The first-order valence-electron chi connectivity index (χ1n) is 5.53. The predicted octanol–water partition coefficient (Wildman–Crippen LogP) is 4.26. The van der Waals surface area contributed by atoms with Crippen LogP contribution in [-0.4, -0.2) is 11.0 Å². The van der Waals surface area contributed by atoms with Crippen LogP contribution in [0.2, 0.25) is 10.0 Å². The fourth-order valence-corrected chi connectivity index (χ4v) is 2.03. The number of hydrogen-bond acceptors (Lipinski definition) is 2. The van der Waals surface area contributed by atoms with Crippen LogP contribution in [0.4, 0.5) is 5.69 Å². The zero-order chi connectivity index (χ0) is 14.0. The molecule has 0 bridgehead atoms. The number of benzene rings is 2. The number of hydrogen-bond donors (Lipinski definition) is 2. The van der Waals surface area contributed by atoms with Crippen molar-refractivity contribution < 1.29 is 9.90 Å². The van der Waals surface area contributed by atoms with Crippen LogP contribution < -0.4 is 5.32 Å². The van der Waals surface area contributed by atoms with E-state index in [1.807, 2.05) is 19.1 Å². The Labute approximate surface area is 120 Å². The summed E-state index contributed by atoms with van der Waals surface area (Å²) < 4.78 is 0. The molecular formula is C14H11Cl2NO2. The van der Waals surface area contributed by atoms with Gasteiger partial charge in [0, 0.05) is 11.3 Å². The molecule has 2 rings (SSSR count). The minimum atomic E-state index is -0.266. The summed E-state index contributed by atoms with van der Waals surface area (Å²) in [5.74, 6) is -0.463. The molecular weight excluding hydrogens is 285 g/mol. The van der Waals surface area contributed by atoms with Crippen molar-refractivity contribution >= 4 is 34.8 Å². The van der Waals surface area contributed by atoms with Gasteiger partial charge in [0.05, 0.1) is 10.0 Å². The third-order valence-corrected chi connectivity index (χ3v) is 3.16. The Morgan fingerprint density at radius 1 is 1.11 bits per heavy atom. The molecule has 2 N–H and O–H groups in total. The number of aromatic hydroxyl groups is 1. The minimum Gasteiger partial charge on any atom is -0.505 e. The van der Waals surface area contributed by atoms with Gasteiger partial charge in [-0.3, -0.25) is 4.79 Å². The third-order valence-electron chi connectivity index (χ3n) is 2.59. The lowest BCUT2D eigenvalue weighted by atomic mass is 10.1. The van der Waals surface area contributed by atoms with Crippen molar-refractivity contribution in [2.45, 2.75) is 6.92 Å². The number of phenols is 1. The molecule has 0 aliphatic rings. The van der Waals surface area contributed by atoms with E-state index in [0.29, 0.717) is 11.3 Å². The van der Waals surface area contributed by atoms with Crippen molar-refractivity contribution in [1.82, 2.24) is 0 Å². The maximum absolute atomic E-state index is 12.0. The van der Waals surface area contributed by atoms with Gasteiger partial charge >= 0.3 is 0 Å². The van der Waals surface area contributed by atoms with E-state index >= 15 is 0 Å². The number of halogens is 2. The Balaban J connectivity index is 2.22. The Hall–Kier alpha value is -1.71.